The van der Waals surface area contributed by atoms with Crippen LogP contribution in [0.1, 0.15) is 11.6 Å². The zero-order chi connectivity index (χ0) is 13.0. The van der Waals surface area contributed by atoms with E-state index in [2.05, 4.69) is 5.32 Å². The summed E-state index contributed by atoms with van der Waals surface area (Å²) in [7, 11) is 0. The van der Waals surface area contributed by atoms with E-state index in [-0.39, 0.29) is 12.6 Å². The molecule has 0 aromatic heterocycles. The molecule has 2 rings (SSSR count). The van der Waals surface area contributed by atoms with E-state index < -0.39 is 0 Å². The van der Waals surface area contributed by atoms with Gasteiger partial charge < -0.3 is 10.4 Å². The summed E-state index contributed by atoms with van der Waals surface area (Å²) in [4.78, 5) is 0. The van der Waals surface area contributed by atoms with Crippen LogP contribution >= 0.6 is 23.2 Å². The summed E-state index contributed by atoms with van der Waals surface area (Å²) in [5.74, 6) is 0. The largest absolute Gasteiger partial charge is 0.394 e. The van der Waals surface area contributed by atoms with Crippen LogP contribution in [-0.4, -0.2) is 11.7 Å². The molecule has 0 amide bonds. The van der Waals surface area contributed by atoms with E-state index in [9.17, 15) is 5.11 Å². The number of hydrogen-bond donors (Lipinski definition) is 2. The van der Waals surface area contributed by atoms with E-state index in [0.29, 0.717) is 10.0 Å². The van der Waals surface area contributed by atoms with Gasteiger partial charge in [0.1, 0.15) is 0 Å². The van der Waals surface area contributed by atoms with Crippen LogP contribution in [0.4, 0.5) is 5.69 Å². The molecular weight excluding hydrogens is 269 g/mol. The second-order valence-electron chi connectivity index (χ2n) is 3.95. The van der Waals surface area contributed by atoms with Crippen molar-refractivity contribution >= 4 is 28.9 Å². The maximum atomic E-state index is 9.45. The third-order valence-corrected chi connectivity index (χ3v) is 3.02. The molecule has 0 radical (unpaired) electrons. The minimum absolute atomic E-state index is 0.00581. The fourth-order valence-corrected chi connectivity index (χ4v) is 2.28. The van der Waals surface area contributed by atoms with E-state index in [4.69, 9.17) is 23.2 Å². The molecule has 2 aromatic rings. The van der Waals surface area contributed by atoms with Crippen molar-refractivity contribution in [1.29, 1.82) is 0 Å². The summed E-state index contributed by atoms with van der Waals surface area (Å²) in [6.45, 7) is -0.00581. The van der Waals surface area contributed by atoms with Gasteiger partial charge >= 0.3 is 0 Å². The number of aliphatic hydroxyl groups excluding tert-OH is 1. The van der Waals surface area contributed by atoms with Crippen molar-refractivity contribution in [2.75, 3.05) is 11.9 Å². The predicted octanol–water partition coefficient (Wildman–Crippen LogP) is 4.14. The number of halogens is 2. The molecule has 0 aliphatic rings. The zero-order valence-corrected chi connectivity index (χ0v) is 11.1. The SMILES string of the molecule is OCC(Nc1cc(Cl)cc(Cl)c1)c1ccccc1. The van der Waals surface area contributed by atoms with Crippen LogP contribution in [0.5, 0.6) is 0 Å². The molecule has 0 saturated heterocycles. The molecule has 4 heteroatoms. The Bertz CT molecular complexity index is 496. The molecule has 2 nitrogen and oxygen atoms in total. The molecule has 18 heavy (non-hydrogen) atoms. The van der Waals surface area contributed by atoms with Crippen molar-refractivity contribution in [1.82, 2.24) is 0 Å². The summed E-state index contributed by atoms with van der Waals surface area (Å²) >= 11 is 11.9. The van der Waals surface area contributed by atoms with Crippen LogP contribution in [0.2, 0.25) is 10.0 Å². The maximum Gasteiger partial charge on any atom is 0.0745 e. The average molecular weight is 282 g/mol. The fraction of sp³-hybridized carbons (Fsp3) is 0.143. The van der Waals surface area contributed by atoms with Gasteiger partial charge in [-0.25, -0.2) is 0 Å². The highest BCUT2D eigenvalue weighted by molar-refractivity contribution is 6.35. The molecular formula is C14H13Cl2NO. The van der Waals surface area contributed by atoms with Crippen LogP contribution in [0.25, 0.3) is 0 Å². The Hall–Kier alpha value is -1.22. The molecule has 0 fully saturated rings. The molecule has 94 valence electrons. The maximum absolute atomic E-state index is 9.45. The topological polar surface area (TPSA) is 32.3 Å². The minimum Gasteiger partial charge on any atom is -0.394 e. The lowest BCUT2D eigenvalue weighted by atomic mass is 10.1. The molecule has 0 aliphatic carbocycles. The molecule has 0 spiro atoms. The molecule has 0 heterocycles. The van der Waals surface area contributed by atoms with Gasteiger partial charge in [-0.15, -0.1) is 0 Å². The lowest BCUT2D eigenvalue weighted by Gasteiger charge is -2.18. The average Bonchev–Trinajstić information content (AvgIpc) is 2.36. The standard InChI is InChI=1S/C14H13Cl2NO/c15-11-6-12(16)8-13(7-11)17-14(9-18)10-4-2-1-3-5-10/h1-8,14,17-18H,9H2. The van der Waals surface area contributed by atoms with Crippen LogP contribution in [0.3, 0.4) is 0 Å². The van der Waals surface area contributed by atoms with Gasteiger partial charge in [-0.2, -0.15) is 0 Å². The molecule has 2 aromatic carbocycles. The van der Waals surface area contributed by atoms with Crippen LogP contribution in [0, 0.1) is 0 Å². The van der Waals surface area contributed by atoms with E-state index in [1.165, 1.54) is 0 Å². The van der Waals surface area contributed by atoms with Gasteiger partial charge in [0.25, 0.3) is 0 Å². The van der Waals surface area contributed by atoms with E-state index in [1.54, 1.807) is 18.2 Å². The Morgan fingerprint density at radius 3 is 2.17 bits per heavy atom. The van der Waals surface area contributed by atoms with Gasteiger partial charge in [0.2, 0.25) is 0 Å². The first-order chi connectivity index (χ1) is 8.69. The summed E-state index contributed by atoms with van der Waals surface area (Å²) in [5, 5.41) is 13.8. The Kier molecular flexibility index (Phi) is 4.48. The third kappa shape index (κ3) is 3.39. The van der Waals surface area contributed by atoms with E-state index >= 15 is 0 Å². The van der Waals surface area contributed by atoms with Crippen LogP contribution in [0.15, 0.2) is 48.5 Å². The Balaban J connectivity index is 2.20. The second kappa shape index (κ2) is 6.10. The van der Waals surface area contributed by atoms with Crippen molar-refractivity contribution in [3.8, 4) is 0 Å². The lowest BCUT2D eigenvalue weighted by Crippen LogP contribution is -2.14. The Labute approximate surface area is 116 Å². The van der Waals surface area contributed by atoms with E-state index in [1.807, 2.05) is 30.3 Å². The van der Waals surface area contributed by atoms with Gasteiger partial charge in [-0.3, -0.25) is 0 Å². The number of hydrogen-bond acceptors (Lipinski definition) is 2. The molecule has 2 N–H and O–H groups in total. The van der Waals surface area contributed by atoms with Gasteiger partial charge in [0, 0.05) is 15.7 Å². The monoisotopic (exact) mass is 281 g/mol. The number of rotatable bonds is 4. The van der Waals surface area contributed by atoms with Crippen LogP contribution in [-0.2, 0) is 0 Å². The quantitative estimate of drug-likeness (QED) is 0.883. The molecule has 0 bridgehead atoms. The van der Waals surface area contributed by atoms with Crippen molar-refractivity contribution in [3.05, 3.63) is 64.1 Å². The summed E-state index contributed by atoms with van der Waals surface area (Å²) in [6.07, 6.45) is 0. The predicted molar refractivity (Wildman–Crippen MR) is 76.4 cm³/mol. The van der Waals surface area contributed by atoms with Gasteiger partial charge in [-0.05, 0) is 23.8 Å². The van der Waals surface area contributed by atoms with Crippen molar-refractivity contribution < 1.29 is 5.11 Å². The fourth-order valence-electron chi connectivity index (χ4n) is 1.76. The lowest BCUT2D eigenvalue weighted by molar-refractivity contribution is 0.276. The smallest absolute Gasteiger partial charge is 0.0745 e. The number of benzene rings is 2. The summed E-state index contributed by atoms with van der Waals surface area (Å²) < 4.78 is 0. The third-order valence-electron chi connectivity index (χ3n) is 2.59. The Morgan fingerprint density at radius 1 is 1.00 bits per heavy atom. The highest BCUT2D eigenvalue weighted by atomic mass is 35.5. The minimum atomic E-state index is -0.180. The number of aliphatic hydroxyl groups is 1. The zero-order valence-electron chi connectivity index (χ0n) is 9.61. The van der Waals surface area contributed by atoms with Gasteiger partial charge in [0.15, 0.2) is 0 Å². The molecule has 1 atom stereocenters. The number of nitrogens with one attached hydrogen (secondary N) is 1. The first-order valence-electron chi connectivity index (χ1n) is 5.57. The molecule has 0 aliphatic heterocycles. The van der Waals surface area contributed by atoms with Crippen molar-refractivity contribution in [3.63, 3.8) is 0 Å². The molecule has 0 saturated carbocycles. The normalized spacial score (nSPS) is 12.2. The highest BCUT2D eigenvalue weighted by Gasteiger charge is 2.10. The van der Waals surface area contributed by atoms with E-state index in [0.717, 1.165) is 11.3 Å². The van der Waals surface area contributed by atoms with Gasteiger partial charge in [-0.1, -0.05) is 53.5 Å². The molecule has 1 unspecified atom stereocenters. The number of anilines is 1. The first-order valence-corrected chi connectivity index (χ1v) is 6.33. The second-order valence-corrected chi connectivity index (χ2v) is 4.82. The Morgan fingerprint density at radius 2 is 1.61 bits per heavy atom. The van der Waals surface area contributed by atoms with Crippen LogP contribution < -0.4 is 5.32 Å². The van der Waals surface area contributed by atoms with Crippen molar-refractivity contribution in [2.24, 2.45) is 0 Å². The van der Waals surface area contributed by atoms with Gasteiger partial charge in [0.05, 0.1) is 12.6 Å². The summed E-state index contributed by atoms with van der Waals surface area (Å²) in [5.41, 5.74) is 1.80. The first kappa shape index (κ1) is 13.2. The van der Waals surface area contributed by atoms with Crippen molar-refractivity contribution in [2.45, 2.75) is 6.04 Å². The summed E-state index contributed by atoms with van der Waals surface area (Å²) in [6, 6.07) is 14.8. The highest BCUT2D eigenvalue weighted by Crippen LogP contribution is 2.25.